The van der Waals surface area contributed by atoms with Crippen LogP contribution in [0.5, 0.6) is 0 Å². The van der Waals surface area contributed by atoms with E-state index < -0.39 is 11.7 Å². The highest BCUT2D eigenvalue weighted by Gasteiger charge is 2.10. The van der Waals surface area contributed by atoms with Gasteiger partial charge in [-0.05, 0) is 24.6 Å². The van der Waals surface area contributed by atoms with Gasteiger partial charge < -0.3 is 10.6 Å². The third kappa shape index (κ3) is 4.13. The molecule has 0 spiro atoms. The first-order chi connectivity index (χ1) is 10.1. The van der Waals surface area contributed by atoms with E-state index in [0.717, 1.165) is 13.0 Å². The molecule has 0 bridgehead atoms. The van der Waals surface area contributed by atoms with Crippen molar-refractivity contribution in [2.24, 2.45) is 0 Å². The van der Waals surface area contributed by atoms with Gasteiger partial charge in [0.25, 0.3) is 5.91 Å². The number of amides is 1. The van der Waals surface area contributed by atoms with Crippen LogP contribution in [0.1, 0.15) is 23.8 Å². The molecule has 110 valence electrons. The van der Waals surface area contributed by atoms with Gasteiger partial charge in [-0.15, -0.1) is 0 Å². The number of anilines is 2. The van der Waals surface area contributed by atoms with Gasteiger partial charge in [-0.1, -0.05) is 18.5 Å². The highest BCUT2D eigenvalue weighted by Crippen LogP contribution is 2.19. The average molecular weight is 309 g/mol. The van der Waals surface area contributed by atoms with Crippen LogP contribution in [0.25, 0.3) is 0 Å². The summed E-state index contributed by atoms with van der Waals surface area (Å²) in [7, 11) is 0. The standard InChI is InChI=1S/C14H14ClFN4O/c1-2-5-18-13-8-17-7-12(20-13)14(21)19-9-3-4-11(16)10(15)6-9/h3-4,6-8H,2,5H2,1H3,(H,18,20)(H,19,21). The van der Waals surface area contributed by atoms with Gasteiger partial charge in [0, 0.05) is 12.2 Å². The normalized spacial score (nSPS) is 10.2. The van der Waals surface area contributed by atoms with Gasteiger partial charge in [0.05, 0.1) is 17.4 Å². The van der Waals surface area contributed by atoms with Crippen LogP contribution in [0, 0.1) is 5.82 Å². The number of nitrogens with zero attached hydrogens (tertiary/aromatic N) is 2. The van der Waals surface area contributed by atoms with Gasteiger partial charge in [-0.3, -0.25) is 9.78 Å². The zero-order chi connectivity index (χ0) is 15.2. The molecular formula is C14H14ClFN4O. The van der Waals surface area contributed by atoms with Crippen LogP contribution in [-0.2, 0) is 0 Å². The number of carbonyl (C=O) groups is 1. The maximum absolute atomic E-state index is 13.1. The Morgan fingerprint density at radius 1 is 1.38 bits per heavy atom. The van der Waals surface area contributed by atoms with Crippen LogP contribution in [0.2, 0.25) is 5.02 Å². The molecular weight excluding hydrogens is 295 g/mol. The predicted octanol–water partition coefficient (Wildman–Crippen LogP) is 3.34. The summed E-state index contributed by atoms with van der Waals surface area (Å²) in [5.41, 5.74) is 0.552. The van der Waals surface area contributed by atoms with Gasteiger partial charge in [0.1, 0.15) is 17.3 Å². The highest BCUT2D eigenvalue weighted by molar-refractivity contribution is 6.31. The van der Waals surface area contributed by atoms with E-state index in [0.29, 0.717) is 11.5 Å². The smallest absolute Gasteiger partial charge is 0.275 e. The second-order valence-electron chi connectivity index (χ2n) is 4.30. The Balaban J connectivity index is 2.10. The fraction of sp³-hybridized carbons (Fsp3) is 0.214. The third-order valence-electron chi connectivity index (χ3n) is 2.60. The van der Waals surface area contributed by atoms with E-state index in [1.165, 1.54) is 24.4 Å². The topological polar surface area (TPSA) is 66.9 Å². The lowest BCUT2D eigenvalue weighted by atomic mass is 10.3. The quantitative estimate of drug-likeness (QED) is 0.889. The zero-order valence-corrected chi connectivity index (χ0v) is 12.1. The van der Waals surface area contributed by atoms with Crippen molar-refractivity contribution in [3.63, 3.8) is 0 Å². The van der Waals surface area contributed by atoms with Crippen LogP contribution in [0.3, 0.4) is 0 Å². The third-order valence-corrected chi connectivity index (χ3v) is 2.89. The summed E-state index contributed by atoms with van der Waals surface area (Å²) < 4.78 is 13.1. The molecule has 2 N–H and O–H groups in total. The number of aromatic nitrogens is 2. The van der Waals surface area contributed by atoms with Crippen LogP contribution in [-0.4, -0.2) is 22.4 Å². The summed E-state index contributed by atoms with van der Waals surface area (Å²) in [4.78, 5) is 20.2. The summed E-state index contributed by atoms with van der Waals surface area (Å²) >= 11 is 5.66. The Hall–Kier alpha value is -2.21. The first-order valence-electron chi connectivity index (χ1n) is 6.42. The molecule has 7 heteroatoms. The van der Waals surface area contributed by atoms with E-state index in [1.54, 1.807) is 6.20 Å². The molecule has 0 fully saturated rings. The van der Waals surface area contributed by atoms with Crippen molar-refractivity contribution in [2.45, 2.75) is 13.3 Å². The van der Waals surface area contributed by atoms with Gasteiger partial charge in [-0.25, -0.2) is 9.37 Å². The van der Waals surface area contributed by atoms with Crippen LogP contribution < -0.4 is 10.6 Å². The van der Waals surface area contributed by atoms with Gasteiger partial charge in [-0.2, -0.15) is 0 Å². The minimum Gasteiger partial charge on any atom is -0.369 e. The van der Waals surface area contributed by atoms with E-state index in [1.807, 2.05) is 6.92 Å². The Morgan fingerprint density at radius 2 is 2.19 bits per heavy atom. The van der Waals surface area contributed by atoms with Crippen molar-refractivity contribution in [2.75, 3.05) is 17.2 Å². The fourth-order valence-electron chi connectivity index (χ4n) is 1.58. The maximum Gasteiger partial charge on any atom is 0.275 e. The van der Waals surface area contributed by atoms with Crippen molar-refractivity contribution >= 4 is 29.0 Å². The van der Waals surface area contributed by atoms with E-state index >= 15 is 0 Å². The molecule has 1 aromatic heterocycles. The molecule has 0 aliphatic rings. The lowest BCUT2D eigenvalue weighted by Crippen LogP contribution is -2.15. The number of hydrogen-bond donors (Lipinski definition) is 2. The van der Waals surface area contributed by atoms with E-state index in [2.05, 4.69) is 20.6 Å². The Kier molecular flexibility index (Phi) is 5.05. The molecule has 2 rings (SSSR count). The molecule has 2 aromatic rings. The molecule has 0 aliphatic heterocycles. The second-order valence-corrected chi connectivity index (χ2v) is 4.71. The summed E-state index contributed by atoms with van der Waals surface area (Å²) in [5.74, 6) is -0.452. The maximum atomic E-state index is 13.1. The molecule has 0 atom stereocenters. The molecule has 0 radical (unpaired) electrons. The fourth-order valence-corrected chi connectivity index (χ4v) is 1.76. The SMILES string of the molecule is CCCNc1cncc(C(=O)Nc2ccc(F)c(Cl)c2)n1. The number of benzene rings is 1. The summed E-state index contributed by atoms with van der Waals surface area (Å²) in [6, 6.07) is 3.94. The largest absolute Gasteiger partial charge is 0.369 e. The molecule has 0 unspecified atom stereocenters. The monoisotopic (exact) mass is 308 g/mol. The van der Waals surface area contributed by atoms with E-state index in [9.17, 15) is 9.18 Å². The van der Waals surface area contributed by atoms with E-state index in [4.69, 9.17) is 11.6 Å². The average Bonchev–Trinajstić information content (AvgIpc) is 2.49. The number of rotatable bonds is 5. The number of hydrogen-bond acceptors (Lipinski definition) is 4. The van der Waals surface area contributed by atoms with Crippen LogP contribution in [0.15, 0.2) is 30.6 Å². The second kappa shape index (κ2) is 6.99. The molecule has 1 heterocycles. The highest BCUT2D eigenvalue weighted by atomic mass is 35.5. The Bertz CT molecular complexity index is 651. The molecule has 0 aliphatic carbocycles. The Morgan fingerprint density at radius 3 is 2.90 bits per heavy atom. The van der Waals surface area contributed by atoms with Crippen LogP contribution in [0.4, 0.5) is 15.9 Å². The van der Waals surface area contributed by atoms with E-state index in [-0.39, 0.29) is 10.7 Å². The predicted molar refractivity (Wildman–Crippen MR) is 80.2 cm³/mol. The van der Waals surface area contributed by atoms with Gasteiger partial charge in [0.15, 0.2) is 0 Å². The number of halogens is 2. The van der Waals surface area contributed by atoms with Crippen molar-refractivity contribution in [3.8, 4) is 0 Å². The van der Waals surface area contributed by atoms with Crippen molar-refractivity contribution in [1.82, 2.24) is 9.97 Å². The van der Waals surface area contributed by atoms with Crippen molar-refractivity contribution in [3.05, 3.63) is 47.1 Å². The molecule has 1 aromatic carbocycles. The lowest BCUT2D eigenvalue weighted by Gasteiger charge is -2.07. The minimum atomic E-state index is -0.541. The van der Waals surface area contributed by atoms with Gasteiger partial charge in [0.2, 0.25) is 0 Å². The molecule has 21 heavy (non-hydrogen) atoms. The molecule has 0 saturated heterocycles. The summed E-state index contributed by atoms with van der Waals surface area (Å²) in [6.07, 6.45) is 3.84. The number of nitrogens with one attached hydrogen (secondary N) is 2. The molecule has 5 nitrogen and oxygen atoms in total. The summed E-state index contributed by atoms with van der Waals surface area (Å²) in [6.45, 7) is 2.77. The lowest BCUT2D eigenvalue weighted by molar-refractivity contribution is 0.102. The first-order valence-corrected chi connectivity index (χ1v) is 6.80. The first kappa shape index (κ1) is 15.2. The van der Waals surface area contributed by atoms with Crippen molar-refractivity contribution in [1.29, 1.82) is 0 Å². The van der Waals surface area contributed by atoms with Crippen LogP contribution >= 0.6 is 11.6 Å². The minimum absolute atomic E-state index is 0.0581. The molecule has 1 amide bonds. The zero-order valence-electron chi connectivity index (χ0n) is 11.4. The summed E-state index contributed by atoms with van der Waals surface area (Å²) in [5, 5.41) is 5.58. The van der Waals surface area contributed by atoms with Gasteiger partial charge >= 0.3 is 0 Å². The Labute approximate surface area is 126 Å². The molecule has 0 saturated carbocycles. The number of carbonyl (C=O) groups excluding carboxylic acids is 1. The van der Waals surface area contributed by atoms with Crippen molar-refractivity contribution < 1.29 is 9.18 Å².